The Morgan fingerprint density at radius 1 is 1.16 bits per heavy atom. The van der Waals surface area contributed by atoms with Gasteiger partial charge in [0.2, 0.25) is 0 Å². The van der Waals surface area contributed by atoms with Crippen LogP contribution >= 0.6 is 0 Å². The Morgan fingerprint density at radius 2 is 1.68 bits per heavy atom. The molecule has 4 nitrogen and oxygen atoms in total. The van der Waals surface area contributed by atoms with Gasteiger partial charge in [0.15, 0.2) is 0 Å². The van der Waals surface area contributed by atoms with E-state index in [2.05, 4.69) is 5.32 Å². The standard InChI is InChI=1S/C14H30N2O2.CH4/c1-13(2,3)16-11(9-7-8-10-15)12(17)18-14(4,5)6;/h11,16H,7-10,15H2,1-6H3;1H4. The molecule has 0 bridgehead atoms. The number of esters is 1. The molecule has 0 saturated carbocycles. The molecule has 0 spiro atoms. The molecule has 4 heteroatoms. The smallest absolute Gasteiger partial charge is 0.323 e. The van der Waals surface area contributed by atoms with Crippen molar-refractivity contribution in [2.24, 2.45) is 5.73 Å². The van der Waals surface area contributed by atoms with Crippen LogP contribution in [0, 0.1) is 0 Å². The third-order valence-corrected chi connectivity index (χ3v) is 2.25. The molecule has 0 heterocycles. The lowest BCUT2D eigenvalue weighted by atomic mass is 10.0. The van der Waals surface area contributed by atoms with Gasteiger partial charge in [0, 0.05) is 5.54 Å². The predicted molar refractivity (Wildman–Crippen MR) is 82.2 cm³/mol. The van der Waals surface area contributed by atoms with Crippen molar-refractivity contribution in [2.45, 2.75) is 85.4 Å². The number of carbonyl (C=O) groups excluding carboxylic acids is 1. The first kappa shape index (κ1) is 20.7. The maximum absolute atomic E-state index is 12.1. The minimum Gasteiger partial charge on any atom is -0.459 e. The number of hydrogen-bond donors (Lipinski definition) is 2. The Morgan fingerprint density at radius 3 is 2.05 bits per heavy atom. The summed E-state index contributed by atoms with van der Waals surface area (Å²) in [5, 5.41) is 3.32. The van der Waals surface area contributed by atoms with Gasteiger partial charge in [0.05, 0.1) is 0 Å². The predicted octanol–water partition coefficient (Wildman–Crippen LogP) is 2.85. The molecule has 0 amide bonds. The lowest BCUT2D eigenvalue weighted by molar-refractivity contribution is -0.158. The zero-order valence-corrected chi connectivity index (χ0v) is 12.8. The third kappa shape index (κ3) is 12.2. The highest BCUT2D eigenvalue weighted by Gasteiger charge is 2.27. The first-order chi connectivity index (χ1) is 8.05. The molecule has 1 atom stereocenters. The molecule has 0 aromatic heterocycles. The molecule has 0 saturated heterocycles. The van der Waals surface area contributed by atoms with Crippen molar-refractivity contribution in [3.05, 3.63) is 0 Å². The van der Waals surface area contributed by atoms with Crippen molar-refractivity contribution >= 4 is 5.97 Å². The Balaban J connectivity index is 0. The quantitative estimate of drug-likeness (QED) is 0.577. The summed E-state index contributed by atoms with van der Waals surface area (Å²) in [5.74, 6) is -0.172. The van der Waals surface area contributed by atoms with Gasteiger partial charge >= 0.3 is 5.97 Å². The molecule has 0 radical (unpaired) electrons. The zero-order valence-electron chi connectivity index (χ0n) is 12.8. The molecule has 0 aliphatic carbocycles. The summed E-state index contributed by atoms with van der Waals surface area (Å²) in [5.41, 5.74) is 4.93. The van der Waals surface area contributed by atoms with Gasteiger partial charge in [-0.1, -0.05) is 13.8 Å². The molecule has 0 fully saturated rings. The van der Waals surface area contributed by atoms with E-state index in [0.29, 0.717) is 6.54 Å². The second-order valence-corrected chi connectivity index (χ2v) is 6.76. The Hall–Kier alpha value is -0.610. The monoisotopic (exact) mass is 274 g/mol. The van der Waals surface area contributed by atoms with E-state index in [1.54, 1.807) is 0 Å². The van der Waals surface area contributed by atoms with Gasteiger partial charge in [0.25, 0.3) is 0 Å². The first-order valence-corrected chi connectivity index (χ1v) is 6.76. The Labute approximate surface area is 119 Å². The van der Waals surface area contributed by atoms with Gasteiger partial charge in [-0.25, -0.2) is 0 Å². The SMILES string of the molecule is C.CC(C)(C)NC(CCCCN)C(=O)OC(C)(C)C. The van der Waals surface area contributed by atoms with Crippen LogP contribution in [0.4, 0.5) is 0 Å². The lowest BCUT2D eigenvalue weighted by Gasteiger charge is -2.30. The topological polar surface area (TPSA) is 64.3 Å². The summed E-state index contributed by atoms with van der Waals surface area (Å²) in [7, 11) is 0. The van der Waals surface area contributed by atoms with E-state index in [0.717, 1.165) is 19.3 Å². The molecule has 116 valence electrons. The van der Waals surface area contributed by atoms with Crippen molar-refractivity contribution in [3.63, 3.8) is 0 Å². The van der Waals surface area contributed by atoms with Crippen molar-refractivity contribution in [1.29, 1.82) is 0 Å². The highest BCUT2D eigenvalue weighted by molar-refractivity contribution is 5.76. The lowest BCUT2D eigenvalue weighted by Crippen LogP contribution is -2.49. The van der Waals surface area contributed by atoms with Crippen LogP contribution in [0.25, 0.3) is 0 Å². The summed E-state index contributed by atoms with van der Waals surface area (Å²) < 4.78 is 5.44. The molecule has 0 rings (SSSR count). The molecule has 19 heavy (non-hydrogen) atoms. The second-order valence-electron chi connectivity index (χ2n) is 6.76. The van der Waals surface area contributed by atoms with Crippen LogP contribution in [0.15, 0.2) is 0 Å². The van der Waals surface area contributed by atoms with Gasteiger partial charge < -0.3 is 10.5 Å². The van der Waals surface area contributed by atoms with Crippen molar-refractivity contribution in [1.82, 2.24) is 5.32 Å². The number of nitrogens with one attached hydrogen (secondary N) is 1. The van der Waals surface area contributed by atoms with Crippen LogP contribution in [0.3, 0.4) is 0 Å². The fourth-order valence-electron chi connectivity index (χ4n) is 1.64. The van der Waals surface area contributed by atoms with Crippen LogP contribution in [0.5, 0.6) is 0 Å². The summed E-state index contributed by atoms with van der Waals surface area (Å²) >= 11 is 0. The van der Waals surface area contributed by atoms with E-state index < -0.39 is 5.60 Å². The molecule has 0 aromatic rings. The Bertz CT molecular complexity index is 252. The maximum atomic E-state index is 12.1. The van der Waals surface area contributed by atoms with Gasteiger partial charge in [-0.2, -0.15) is 0 Å². The average Bonchev–Trinajstić information content (AvgIpc) is 2.11. The highest BCUT2D eigenvalue weighted by Crippen LogP contribution is 2.13. The van der Waals surface area contributed by atoms with Crippen LogP contribution in [0.1, 0.15) is 68.2 Å². The zero-order chi connectivity index (χ0) is 14.4. The molecule has 3 N–H and O–H groups in total. The largest absolute Gasteiger partial charge is 0.459 e. The molecule has 0 aromatic carbocycles. The van der Waals surface area contributed by atoms with E-state index in [4.69, 9.17) is 10.5 Å². The van der Waals surface area contributed by atoms with E-state index in [1.807, 2.05) is 41.5 Å². The van der Waals surface area contributed by atoms with Crippen LogP contribution in [0.2, 0.25) is 0 Å². The summed E-state index contributed by atoms with van der Waals surface area (Å²) in [6.45, 7) is 12.5. The van der Waals surface area contributed by atoms with E-state index >= 15 is 0 Å². The molecular weight excluding hydrogens is 240 g/mol. The number of unbranched alkanes of at least 4 members (excludes halogenated alkanes) is 1. The van der Waals surface area contributed by atoms with Gasteiger partial charge in [0.1, 0.15) is 11.6 Å². The summed E-state index contributed by atoms with van der Waals surface area (Å²) in [6.07, 6.45) is 2.64. The minimum atomic E-state index is -0.442. The Kier molecular flexibility index (Phi) is 9.30. The van der Waals surface area contributed by atoms with Crippen LogP contribution < -0.4 is 11.1 Å². The van der Waals surface area contributed by atoms with E-state index in [-0.39, 0.29) is 25.0 Å². The highest BCUT2D eigenvalue weighted by atomic mass is 16.6. The molecule has 0 aliphatic rings. The van der Waals surface area contributed by atoms with E-state index in [9.17, 15) is 4.79 Å². The normalized spacial score (nSPS) is 13.6. The number of ether oxygens (including phenoxy) is 1. The first-order valence-electron chi connectivity index (χ1n) is 6.76. The summed E-state index contributed by atoms with van der Waals surface area (Å²) in [4.78, 5) is 12.1. The van der Waals surface area contributed by atoms with Crippen LogP contribution in [-0.4, -0.2) is 29.7 Å². The molecule has 0 aliphatic heterocycles. The van der Waals surface area contributed by atoms with Crippen molar-refractivity contribution in [2.75, 3.05) is 6.54 Å². The van der Waals surface area contributed by atoms with Gasteiger partial charge in [-0.15, -0.1) is 0 Å². The third-order valence-electron chi connectivity index (χ3n) is 2.25. The minimum absolute atomic E-state index is 0. The average molecular weight is 274 g/mol. The second kappa shape index (κ2) is 8.54. The maximum Gasteiger partial charge on any atom is 0.323 e. The molecule has 1 unspecified atom stereocenters. The van der Waals surface area contributed by atoms with Crippen molar-refractivity contribution in [3.8, 4) is 0 Å². The number of carbonyl (C=O) groups is 1. The van der Waals surface area contributed by atoms with Crippen molar-refractivity contribution < 1.29 is 9.53 Å². The summed E-state index contributed by atoms with van der Waals surface area (Å²) in [6, 6.07) is -0.254. The molecular formula is C15H34N2O2. The number of rotatable bonds is 6. The fraction of sp³-hybridized carbons (Fsp3) is 0.933. The number of hydrogen-bond acceptors (Lipinski definition) is 4. The van der Waals surface area contributed by atoms with Gasteiger partial charge in [-0.3, -0.25) is 10.1 Å². The van der Waals surface area contributed by atoms with Gasteiger partial charge in [-0.05, 0) is 60.9 Å². The fourth-order valence-corrected chi connectivity index (χ4v) is 1.64. The number of nitrogens with two attached hydrogens (primary N) is 1. The van der Waals surface area contributed by atoms with E-state index in [1.165, 1.54) is 0 Å². The van der Waals surface area contributed by atoms with Crippen LogP contribution in [-0.2, 0) is 9.53 Å².